The van der Waals surface area contributed by atoms with Crippen molar-refractivity contribution >= 4 is 19.8 Å². The van der Waals surface area contributed by atoms with Gasteiger partial charge in [-0.05, 0) is 70.6 Å². The first-order chi connectivity index (χ1) is 27.8. The third-order valence-corrected chi connectivity index (χ3v) is 10.7. The second-order valence-electron chi connectivity index (χ2n) is 15.2. The van der Waals surface area contributed by atoms with Crippen LogP contribution in [0.4, 0.5) is 0 Å². The lowest BCUT2D eigenvalue weighted by Gasteiger charge is -2.19. The minimum absolute atomic E-state index is 0.0497. The molecule has 1 unspecified atom stereocenters. The van der Waals surface area contributed by atoms with Crippen molar-refractivity contribution in [1.82, 2.24) is 0 Å². The van der Waals surface area contributed by atoms with Gasteiger partial charge in [0, 0.05) is 19.4 Å². The van der Waals surface area contributed by atoms with Gasteiger partial charge >= 0.3 is 19.8 Å². The summed E-state index contributed by atoms with van der Waals surface area (Å²) in [6.45, 7) is 3.61. The molecule has 10 heteroatoms. The van der Waals surface area contributed by atoms with Gasteiger partial charge in [-0.25, -0.2) is 4.57 Å². The standard InChI is InChI=1S/C47H86NO8P/c1-3-5-7-9-11-13-15-17-19-20-21-22-23-24-26-28-30-32-34-36-38-40-47(50)56-45(44-55-57(51,52)54-42-41-48)43-53-46(49)39-37-35-33-31-29-27-25-18-16-14-12-10-8-6-4-2/h6,8,12,14,17-19,25,45H,3-5,7,9-11,13,15-16,20-24,26-44,48H2,1-2H3,(H,51,52)/b8-6+,14-12+,19-17+,25-18+/t45-/m1/s1. The Hall–Kier alpha value is -2.03. The van der Waals surface area contributed by atoms with E-state index in [1.807, 2.05) is 0 Å². The maximum absolute atomic E-state index is 12.6. The largest absolute Gasteiger partial charge is 0.472 e. The fraction of sp³-hybridized carbons (Fsp3) is 0.787. The van der Waals surface area contributed by atoms with Gasteiger partial charge in [0.25, 0.3) is 0 Å². The lowest BCUT2D eigenvalue weighted by atomic mass is 10.0. The first-order valence-electron chi connectivity index (χ1n) is 23.1. The molecule has 332 valence electrons. The second-order valence-corrected chi connectivity index (χ2v) is 16.7. The molecule has 0 radical (unpaired) electrons. The van der Waals surface area contributed by atoms with E-state index in [1.54, 1.807) is 0 Å². The van der Waals surface area contributed by atoms with Crippen molar-refractivity contribution in [3.05, 3.63) is 48.6 Å². The highest BCUT2D eigenvalue weighted by atomic mass is 31.2. The number of unbranched alkanes of at least 4 members (excludes halogenated alkanes) is 22. The van der Waals surface area contributed by atoms with Crippen LogP contribution in [0.2, 0.25) is 0 Å². The summed E-state index contributed by atoms with van der Waals surface area (Å²) in [6, 6.07) is 0. The molecule has 0 saturated carbocycles. The zero-order chi connectivity index (χ0) is 41.8. The van der Waals surface area contributed by atoms with Crippen molar-refractivity contribution in [2.24, 2.45) is 5.73 Å². The van der Waals surface area contributed by atoms with Gasteiger partial charge in [0.2, 0.25) is 0 Å². The Morgan fingerprint density at radius 2 is 0.965 bits per heavy atom. The number of ether oxygens (including phenoxy) is 2. The molecule has 0 rings (SSSR count). The summed E-state index contributed by atoms with van der Waals surface area (Å²) in [5.41, 5.74) is 5.35. The minimum Gasteiger partial charge on any atom is -0.462 e. The molecule has 0 fully saturated rings. The molecule has 0 aliphatic rings. The van der Waals surface area contributed by atoms with Gasteiger partial charge in [-0.3, -0.25) is 18.6 Å². The van der Waals surface area contributed by atoms with E-state index in [2.05, 4.69) is 62.5 Å². The van der Waals surface area contributed by atoms with E-state index < -0.39 is 32.5 Å². The van der Waals surface area contributed by atoms with Gasteiger partial charge in [-0.15, -0.1) is 0 Å². The molecule has 0 aromatic heterocycles. The highest BCUT2D eigenvalue weighted by Gasteiger charge is 2.26. The maximum atomic E-state index is 12.6. The summed E-state index contributed by atoms with van der Waals surface area (Å²) in [6.07, 6.45) is 50.0. The van der Waals surface area contributed by atoms with Crippen molar-refractivity contribution in [2.75, 3.05) is 26.4 Å². The van der Waals surface area contributed by atoms with E-state index >= 15 is 0 Å². The van der Waals surface area contributed by atoms with Crippen LogP contribution >= 0.6 is 7.82 Å². The monoisotopic (exact) mass is 824 g/mol. The number of allylic oxidation sites excluding steroid dienone is 8. The molecule has 0 bridgehead atoms. The number of nitrogens with two attached hydrogens (primary N) is 1. The zero-order valence-electron chi connectivity index (χ0n) is 36.6. The van der Waals surface area contributed by atoms with E-state index in [0.29, 0.717) is 12.8 Å². The lowest BCUT2D eigenvalue weighted by Crippen LogP contribution is -2.29. The van der Waals surface area contributed by atoms with Crippen molar-refractivity contribution in [2.45, 2.75) is 213 Å². The summed E-state index contributed by atoms with van der Waals surface area (Å²) >= 11 is 0. The van der Waals surface area contributed by atoms with Crippen LogP contribution in [0.5, 0.6) is 0 Å². The van der Waals surface area contributed by atoms with Crippen molar-refractivity contribution in [3.8, 4) is 0 Å². The normalized spacial score (nSPS) is 13.7. The van der Waals surface area contributed by atoms with Gasteiger partial charge in [-0.1, -0.05) is 172 Å². The Morgan fingerprint density at radius 3 is 1.46 bits per heavy atom. The molecular weight excluding hydrogens is 737 g/mol. The number of phosphoric acid groups is 1. The molecule has 0 heterocycles. The summed E-state index contributed by atoms with van der Waals surface area (Å²) < 4.78 is 32.8. The van der Waals surface area contributed by atoms with Gasteiger partial charge in [0.05, 0.1) is 13.2 Å². The van der Waals surface area contributed by atoms with Crippen LogP contribution in [0.1, 0.15) is 206 Å². The lowest BCUT2D eigenvalue weighted by molar-refractivity contribution is -0.161. The van der Waals surface area contributed by atoms with E-state index in [0.717, 1.165) is 70.6 Å². The predicted molar refractivity (Wildman–Crippen MR) is 238 cm³/mol. The fourth-order valence-corrected chi connectivity index (χ4v) is 7.06. The highest BCUT2D eigenvalue weighted by molar-refractivity contribution is 7.47. The summed E-state index contributed by atoms with van der Waals surface area (Å²) in [4.78, 5) is 34.9. The van der Waals surface area contributed by atoms with Gasteiger partial charge in [-0.2, -0.15) is 0 Å². The first-order valence-corrected chi connectivity index (χ1v) is 24.6. The minimum atomic E-state index is -4.38. The molecule has 3 N–H and O–H groups in total. The van der Waals surface area contributed by atoms with E-state index in [-0.39, 0.29) is 32.6 Å². The van der Waals surface area contributed by atoms with Crippen LogP contribution in [-0.4, -0.2) is 49.3 Å². The number of hydrogen-bond donors (Lipinski definition) is 2. The first kappa shape index (κ1) is 55.0. The quantitative estimate of drug-likeness (QED) is 0.0267. The van der Waals surface area contributed by atoms with Crippen LogP contribution in [0, 0.1) is 0 Å². The number of esters is 2. The molecule has 57 heavy (non-hydrogen) atoms. The summed E-state index contributed by atoms with van der Waals surface area (Å²) in [5, 5.41) is 0. The number of carbonyl (C=O) groups excluding carboxylic acids is 2. The van der Waals surface area contributed by atoms with Crippen molar-refractivity contribution in [1.29, 1.82) is 0 Å². The molecule has 0 saturated heterocycles. The van der Waals surface area contributed by atoms with Crippen LogP contribution < -0.4 is 5.73 Å². The third kappa shape index (κ3) is 43.4. The average Bonchev–Trinajstić information content (AvgIpc) is 3.20. The van der Waals surface area contributed by atoms with E-state index in [4.69, 9.17) is 24.3 Å². The van der Waals surface area contributed by atoms with Gasteiger partial charge in [0.1, 0.15) is 6.61 Å². The van der Waals surface area contributed by atoms with Crippen molar-refractivity contribution in [3.63, 3.8) is 0 Å². The van der Waals surface area contributed by atoms with Crippen LogP contribution in [0.15, 0.2) is 48.6 Å². The Kier molecular flexibility index (Phi) is 42.0. The average molecular weight is 824 g/mol. The molecule has 2 atom stereocenters. The van der Waals surface area contributed by atoms with E-state index in [9.17, 15) is 19.0 Å². The topological polar surface area (TPSA) is 134 Å². The molecule has 0 aromatic rings. The number of phosphoric ester groups is 1. The van der Waals surface area contributed by atoms with Crippen LogP contribution in [0.25, 0.3) is 0 Å². The molecular formula is C47H86NO8P. The van der Waals surface area contributed by atoms with Crippen LogP contribution in [-0.2, 0) is 32.7 Å². The number of rotatable bonds is 43. The third-order valence-electron chi connectivity index (χ3n) is 9.70. The zero-order valence-corrected chi connectivity index (χ0v) is 37.5. The molecule has 0 spiro atoms. The molecule has 9 nitrogen and oxygen atoms in total. The second kappa shape index (κ2) is 43.5. The Labute approximate surface area is 349 Å². The van der Waals surface area contributed by atoms with Crippen molar-refractivity contribution < 1.29 is 37.6 Å². The Bertz CT molecular complexity index is 1080. The Balaban J connectivity index is 4.10. The number of hydrogen-bond acceptors (Lipinski definition) is 8. The molecule has 0 amide bonds. The van der Waals surface area contributed by atoms with E-state index in [1.165, 1.54) is 96.3 Å². The molecule has 0 aliphatic carbocycles. The SMILES string of the molecule is CC/C=C/C/C=C/C/C=C/CCCCCCCC(=O)OC[C@H](COP(=O)(O)OCCN)OC(=O)CCCCCCCCCCCCC/C=C/CCCCCCCC. The molecule has 0 aromatic carbocycles. The highest BCUT2D eigenvalue weighted by Crippen LogP contribution is 2.43. The Morgan fingerprint density at radius 1 is 0.544 bits per heavy atom. The summed E-state index contributed by atoms with van der Waals surface area (Å²) in [7, 11) is -4.38. The predicted octanol–water partition coefficient (Wildman–Crippen LogP) is 13.5. The van der Waals surface area contributed by atoms with Gasteiger partial charge < -0.3 is 20.1 Å². The van der Waals surface area contributed by atoms with Gasteiger partial charge in [0.15, 0.2) is 6.10 Å². The summed E-state index contributed by atoms with van der Waals surface area (Å²) in [5.74, 6) is -0.847. The number of carbonyl (C=O) groups is 2. The maximum Gasteiger partial charge on any atom is 0.472 e. The fourth-order valence-electron chi connectivity index (χ4n) is 6.29. The smallest absolute Gasteiger partial charge is 0.462 e. The molecule has 0 aliphatic heterocycles. The van der Waals surface area contributed by atoms with Crippen LogP contribution in [0.3, 0.4) is 0 Å².